The summed E-state index contributed by atoms with van der Waals surface area (Å²) in [7, 11) is -3.27. The van der Waals surface area contributed by atoms with Gasteiger partial charge in [-0.2, -0.15) is 0 Å². The van der Waals surface area contributed by atoms with Crippen LogP contribution in [0.3, 0.4) is 0 Å². The molecule has 1 aromatic rings. The molecule has 1 saturated heterocycles. The minimum atomic E-state index is -3.27. The van der Waals surface area contributed by atoms with Crippen molar-refractivity contribution >= 4 is 21.9 Å². The molecule has 0 radical (unpaired) electrons. The van der Waals surface area contributed by atoms with Crippen LogP contribution in [0, 0.1) is 5.92 Å². The van der Waals surface area contributed by atoms with E-state index in [0.29, 0.717) is 32.4 Å². The molecule has 0 aromatic heterocycles. The normalized spacial score (nSPS) is 18.7. The molecule has 1 amide bonds. The van der Waals surface area contributed by atoms with Crippen molar-refractivity contribution in [2.45, 2.75) is 26.2 Å². The quantitative estimate of drug-likeness (QED) is 0.750. The van der Waals surface area contributed by atoms with Crippen LogP contribution in [0.5, 0.6) is 0 Å². The molecule has 1 fully saturated rings. The number of rotatable bonds is 7. The first-order valence-electron chi connectivity index (χ1n) is 8.41. The minimum absolute atomic E-state index is 0.0429. The van der Waals surface area contributed by atoms with Crippen LogP contribution in [-0.4, -0.2) is 55.1 Å². The summed E-state index contributed by atoms with van der Waals surface area (Å²) in [6, 6.07) is 6.60. The lowest BCUT2D eigenvalue weighted by molar-refractivity contribution is -0.126. The summed E-state index contributed by atoms with van der Waals surface area (Å²) in [4.78, 5) is 23.3. The van der Waals surface area contributed by atoms with E-state index in [4.69, 9.17) is 5.11 Å². The Labute approximate surface area is 148 Å². The molecule has 1 heterocycles. The summed E-state index contributed by atoms with van der Waals surface area (Å²) in [6.45, 7) is 2.70. The van der Waals surface area contributed by atoms with E-state index in [0.717, 1.165) is 5.56 Å². The van der Waals surface area contributed by atoms with Gasteiger partial charge in [0.05, 0.1) is 17.2 Å². The number of sulfonamides is 1. The Hall–Kier alpha value is -1.93. The first-order chi connectivity index (χ1) is 11.8. The molecule has 0 aliphatic carbocycles. The molecule has 0 saturated carbocycles. The Morgan fingerprint density at radius 2 is 2.12 bits per heavy atom. The van der Waals surface area contributed by atoms with Gasteiger partial charge in [-0.15, -0.1) is 0 Å². The van der Waals surface area contributed by atoms with E-state index in [-0.39, 0.29) is 29.7 Å². The molecule has 8 heteroatoms. The number of aromatic carboxylic acids is 1. The molecule has 2 rings (SSSR count). The minimum Gasteiger partial charge on any atom is -0.478 e. The van der Waals surface area contributed by atoms with Crippen LogP contribution in [0.15, 0.2) is 24.3 Å². The second-order valence-corrected chi connectivity index (χ2v) is 8.40. The third kappa shape index (κ3) is 5.27. The van der Waals surface area contributed by atoms with E-state index in [1.807, 2.05) is 6.07 Å². The van der Waals surface area contributed by atoms with Crippen LogP contribution in [0.25, 0.3) is 0 Å². The van der Waals surface area contributed by atoms with Crippen molar-refractivity contribution < 1.29 is 23.1 Å². The van der Waals surface area contributed by atoms with Crippen molar-refractivity contribution in [3.8, 4) is 0 Å². The maximum atomic E-state index is 12.3. The average Bonchev–Trinajstić information content (AvgIpc) is 2.62. The molecule has 25 heavy (non-hydrogen) atoms. The Morgan fingerprint density at radius 3 is 2.80 bits per heavy atom. The van der Waals surface area contributed by atoms with E-state index in [1.54, 1.807) is 19.1 Å². The first-order valence-corrected chi connectivity index (χ1v) is 10.0. The number of benzene rings is 1. The van der Waals surface area contributed by atoms with E-state index in [2.05, 4.69) is 5.32 Å². The Morgan fingerprint density at radius 1 is 1.36 bits per heavy atom. The standard InChI is InChI=1S/C17H24N2O5S/c1-2-25(23,24)19-10-4-7-15(12-19)16(20)18-9-8-13-5-3-6-14(11-13)17(21)22/h3,5-6,11,15H,2,4,7-10,12H2,1H3,(H,18,20)(H,21,22). The smallest absolute Gasteiger partial charge is 0.335 e. The lowest BCUT2D eigenvalue weighted by Crippen LogP contribution is -2.46. The molecule has 1 aliphatic rings. The summed E-state index contributed by atoms with van der Waals surface area (Å²) >= 11 is 0. The summed E-state index contributed by atoms with van der Waals surface area (Å²) < 4.78 is 25.3. The van der Waals surface area contributed by atoms with Gasteiger partial charge in [0.2, 0.25) is 15.9 Å². The second-order valence-electron chi connectivity index (χ2n) is 6.14. The van der Waals surface area contributed by atoms with Crippen LogP contribution in [0.1, 0.15) is 35.7 Å². The van der Waals surface area contributed by atoms with Crippen LogP contribution >= 0.6 is 0 Å². The molecule has 2 N–H and O–H groups in total. The molecule has 1 atom stereocenters. The summed E-state index contributed by atoms with van der Waals surface area (Å²) in [5, 5.41) is 11.8. The highest BCUT2D eigenvalue weighted by atomic mass is 32.2. The van der Waals surface area contributed by atoms with Gasteiger partial charge in [0.1, 0.15) is 0 Å². The zero-order chi connectivity index (χ0) is 18.4. The molecule has 1 aliphatic heterocycles. The Balaban J connectivity index is 1.86. The number of nitrogens with one attached hydrogen (secondary N) is 1. The van der Waals surface area contributed by atoms with E-state index < -0.39 is 16.0 Å². The molecule has 138 valence electrons. The van der Waals surface area contributed by atoms with Crippen molar-refractivity contribution in [1.29, 1.82) is 0 Å². The predicted molar refractivity (Wildman–Crippen MR) is 93.9 cm³/mol. The number of nitrogens with zero attached hydrogens (tertiary/aromatic N) is 1. The number of amides is 1. The lowest BCUT2D eigenvalue weighted by atomic mass is 9.98. The van der Waals surface area contributed by atoms with Crippen molar-refractivity contribution in [2.24, 2.45) is 5.92 Å². The van der Waals surface area contributed by atoms with Crippen molar-refractivity contribution in [3.63, 3.8) is 0 Å². The fourth-order valence-corrected chi connectivity index (χ4v) is 4.11. The van der Waals surface area contributed by atoms with E-state index in [1.165, 1.54) is 10.4 Å². The summed E-state index contributed by atoms with van der Waals surface area (Å²) in [5.41, 5.74) is 1.05. The van der Waals surface area contributed by atoms with Gasteiger partial charge < -0.3 is 10.4 Å². The average molecular weight is 368 g/mol. The van der Waals surface area contributed by atoms with Crippen LogP contribution < -0.4 is 5.32 Å². The zero-order valence-corrected chi connectivity index (χ0v) is 15.1. The third-order valence-corrected chi connectivity index (χ3v) is 6.25. The number of hydrogen-bond donors (Lipinski definition) is 2. The van der Waals surface area contributed by atoms with Crippen LogP contribution in [0.4, 0.5) is 0 Å². The van der Waals surface area contributed by atoms with E-state index in [9.17, 15) is 18.0 Å². The zero-order valence-electron chi connectivity index (χ0n) is 14.3. The maximum Gasteiger partial charge on any atom is 0.335 e. The Kier molecular flexibility index (Phi) is 6.55. The van der Waals surface area contributed by atoms with Gasteiger partial charge >= 0.3 is 5.97 Å². The first kappa shape index (κ1) is 19.4. The second kappa shape index (κ2) is 8.44. The van der Waals surface area contributed by atoms with Gasteiger partial charge in [-0.05, 0) is 43.9 Å². The SMILES string of the molecule is CCS(=O)(=O)N1CCCC(C(=O)NCCc2cccc(C(=O)O)c2)C1. The largest absolute Gasteiger partial charge is 0.478 e. The van der Waals surface area contributed by atoms with Crippen LogP contribution in [0.2, 0.25) is 0 Å². The van der Waals surface area contributed by atoms with Gasteiger partial charge in [0.25, 0.3) is 0 Å². The summed E-state index contributed by atoms with van der Waals surface area (Å²) in [5.74, 6) is -1.42. The molecular formula is C17H24N2O5S. The van der Waals surface area contributed by atoms with Gasteiger partial charge in [-0.1, -0.05) is 12.1 Å². The monoisotopic (exact) mass is 368 g/mol. The lowest BCUT2D eigenvalue weighted by Gasteiger charge is -2.30. The molecule has 7 nitrogen and oxygen atoms in total. The highest BCUT2D eigenvalue weighted by Gasteiger charge is 2.31. The highest BCUT2D eigenvalue weighted by Crippen LogP contribution is 2.19. The predicted octanol–water partition coefficient (Wildman–Crippen LogP) is 1.11. The molecule has 0 bridgehead atoms. The molecule has 0 spiro atoms. The van der Waals surface area contributed by atoms with Crippen molar-refractivity contribution in [1.82, 2.24) is 9.62 Å². The molecular weight excluding hydrogens is 344 g/mol. The van der Waals surface area contributed by atoms with Crippen molar-refractivity contribution in [3.05, 3.63) is 35.4 Å². The van der Waals surface area contributed by atoms with Gasteiger partial charge in [0.15, 0.2) is 0 Å². The highest BCUT2D eigenvalue weighted by molar-refractivity contribution is 7.89. The number of carboxylic acids is 1. The number of hydrogen-bond acceptors (Lipinski definition) is 4. The summed E-state index contributed by atoms with van der Waals surface area (Å²) in [6.07, 6.45) is 1.88. The topological polar surface area (TPSA) is 104 Å². The fraction of sp³-hybridized carbons (Fsp3) is 0.529. The number of carbonyl (C=O) groups excluding carboxylic acids is 1. The molecule has 1 aromatic carbocycles. The van der Waals surface area contributed by atoms with Crippen molar-refractivity contribution in [2.75, 3.05) is 25.4 Å². The number of carbonyl (C=O) groups is 2. The van der Waals surface area contributed by atoms with E-state index >= 15 is 0 Å². The number of piperidine rings is 1. The maximum absolute atomic E-state index is 12.3. The Bertz CT molecular complexity index is 732. The molecule has 1 unspecified atom stereocenters. The third-order valence-electron chi connectivity index (χ3n) is 4.40. The van der Waals surface area contributed by atoms with Gasteiger partial charge in [0, 0.05) is 19.6 Å². The number of carboxylic acid groups (broad SMARTS) is 1. The van der Waals surface area contributed by atoms with Gasteiger partial charge in [-0.25, -0.2) is 17.5 Å². The van der Waals surface area contributed by atoms with Crippen LogP contribution in [-0.2, 0) is 21.2 Å². The fourth-order valence-electron chi connectivity index (χ4n) is 2.93. The van der Waals surface area contributed by atoms with Gasteiger partial charge in [-0.3, -0.25) is 4.79 Å².